The van der Waals surface area contributed by atoms with Gasteiger partial charge in [0.25, 0.3) is 0 Å². The van der Waals surface area contributed by atoms with Gasteiger partial charge in [-0.15, -0.1) is 0 Å². The van der Waals surface area contributed by atoms with Crippen molar-refractivity contribution in [2.45, 2.75) is 27.7 Å². The van der Waals surface area contributed by atoms with Crippen LogP contribution in [0.3, 0.4) is 0 Å². The zero-order valence-electron chi connectivity index (χ0n) is 25.5. The van der Waals surface area contributed by atoms with Gasteiger partial charge in [-0.2, -0.15) is 0 Å². The third-order valence-corrected chi connectivity index (χ3v) is 5.29. The molecule has 0 unspecified atom stereocenters. The van der Waals surface area contributed by atoms with E-state index < -0.39 is 23.9 Å². The predicted octanol–water partition coefficient (Wildman–Crippen LogP) is 7.59. The molecule has 0 amide bonds. The van der Waals surface area contributed by atoms with E-state index in [4.69, 9.17) is 29.9 Å². The molecule has 4 N–H and O–H groups in total. The van der Waals surface area contributed by atoms with Crippen molar-refractivity contribution >= 4 is 23.9 Å². The van der Waals surface area contributed by atoms with Crippen LogP contribution < -0.4 is 9.47 Å². The van der Waals surface area contributed by atoms with Gasteiger partial charge in [0.05, 0.1) is 36.5 Å². The number of benzene rings is 4. The molecule has 0 aromatic heterocycles. The molecule has 44 heavy (non-hydrogen) atoms. The highest BCUT2D eigenvalue weighted by atomic mass is 16.5. The van der Waals surface area contributed by atoms with Gasteiger partial charge in [0.15, 0.2) is 0 Å². The molecule has 0 spiro atoms. The number of hydrogen-bond acceptors (Lipinski definition) is 6. The number of carbonyl (C=O) groups is 4. The van der Waals surface area contributed by atoms with E-state index in [1.54, 1.807) is 14.2 Å². The maximum absolute atomic E-state index is 10.5. The van der Waals surface area contributed by atoms with E-state index in [0.717, 1.165) is 11.5 Å². The fraction of sp³-hybridized carbons (Fsp3) is 0.176. The predicted molar refractivity (Wildman–Crippen MR) is 168 cm³/mol. The Balaban J connectivity index is 0.000000604. The zero-order chi connectivity index (χ0) is 33.7. The van der Waals surface area contributed by atoms with Crippen molar-refractivity contribution in [3.05, 3.63) is 119 Å². The van der Waals surface area contributed by atoms with Gasteiger partial charge in [-0.25, -0.2) is 19.2 Å². The van der Waals surface area contributed by atoms with Crippen molar-refractivity contribution < 1.29 is 49.1 Å². The van der Waals surface area contributed by atoms with Crippen LogP contribution in [0.2, 0.25) is 0 Å². The Morgan fingerprint density at radius 3 is 0.773 bits per heavy atom. The van der Waals surface area contributed by atoms with E-state index in [1.807, 2.05) is 76.2 Å². The molecule has 4 rings (SSSR count). The zero-order valence-corrected chi connectivity index (χ0v) is 25.5. The van der Waals surface area contributed by atoms with E-state index in [-0.39, 0.29) is 22.3 Å². The molecule has 0 heterocycles. The summed E-state index contributed by atoms with van der Waals surface area (Å²) in [6, 6.07) is 27.0. The first-order valence-electron chi connectivity index (χ1n) is 13.5. The number of ether oxygens (including phenoxy) is 2. The number of carboxylic acid groups (broad SMARTS) is 4. The van der Waals surface area contributed by atoms with E-state index in [9.17, 15) is 19.2 Å². The van der Waals surface area contributed by atoms with Crippen LogP contribution in [0.15, 0.2) is 97.1 Å². The van der Waals surface area contributed by atoms with Crippen molar-refractivity contribution in [1.82, 2.24) is 0 Å². The molecule has 0 radical (unpaired) electrons. The monoisotopic (exact) mass is 606 g/mol. The summed E-state index contributed by atoms with van der Waals surface area (Å²) in [5.74, 6) is -3.17. The summed E-state index contributed by atoms with van der Waals surface area (Å²) < 4.78 is 10.2. The van der Waals surface area contributed by atoms with Gasteiger partial charge in [0, 0.05) is 0 Å². The SMILES string of the molecule is CC.CC.COc1ccc(-c2ccc(OC)cc2)cc1.O=C(O)c1ccccc1C(=O)O.O=C(O)c1ccccc1C(=O)O. The second-order valence-corrected chi connectivity index (χ2v) is 7.77. The molecule has 0 bridgehead atoms. The molecule has 234 valence electrons. The average Bonchev–Trinajstić information content (AvgIpc) is 3.07. The maximum Gasteiger partial charge on any atom is 0.336 e. The Morgan fingerprint density at radius 2 is 0.614 bits per heavy atom. The molecule has 0 saturated carbocycles. The van der Waals surface area contributed by atoms with E-state index in [1.165, 1.54) is 59.7 Å². The minimum absolute atomic E-state index is 0.190. The van der Waals surface area contributed by atoms with Gasteiger partial charge in [-0.05, 0) is 59.7 Å². The van der Waals surface area contributed by atoms with Crippen LogP contribution in [-0.2, 0) is 0 Å². The molecule has 0 atom stereocenters. The van der Waals surface area contributed by atoms with Crippen LogP contribution in [0, 0.1) is 0 Å². The minimum Gasteiger partial charge on any atom is -0.497 e. The summed E-state index contributed by atoms with van der Waals surface area (Å²) >= 11 is 0. The van der Waals surface area contributed by atoms with Crippen LogP contribution in [-0.4, -0.2) is 58.5 Å². The standard InChI is InChI=1S/C14H14O2.2C8H6O4.2C2H6/c1-15-13-7-3-11(4-8-13)12-5-9-14(16-2)10-6-12;2*9-7(10)5-3-1-2-4-6(5)8(11)12;2*1-2/h3-10H,1-2H3;2*1-4H,(H,9,10)(H,11,12);2*1-2H3. The van der Waals surface area contributed by atoms with Crippen molar-refractivity contribution in [1.29, 1.82) is 0 Å². The molecule has 0 aliphatic rings. The molecule has 4 aromatic rings. The Labute approximate surface area is 256 Å². The highest BCUT2D eigenvalue weighted by Gasteiger charge is 2.14. The van der Waals surface area contributed by atoms with Gasteiger partial charge in [0.1, 0.15) is 11.5 Å². The summed E-state index contributed by atoms with van der Waals surface area (Å²) in [5.41, 5.74) is 1.58. The molecular formula is C34H38O10. The highest BCUT2D eigenvalue weighted by Crippen LogP contribution is 2.24. The average molecular weight is 607 g/mol. The first-order chi connectivity index (χ1) is 21.1. The van der Waals surface area contributed by atoms with Gasteiger partial charge in [0.2, 0.25) is 0 Å². The largest absolute Gasteiger partial charge is 0.497 e. The maximum atomic E-state index is 10.5. The smallest absolute Gasteiger partial charge is 0.336 e. The Kier molecular flexibility index (Phi) is 18.4. The first kappa shape index (κ1) is 38.4. The lowest BCUT2D eigenvalue weighted by Gasteiger charge is -2.05. The highest BCUT2D eigenvalue weighted by molar-refractivity contribution is 6.02. The molecule has 0 fully saturated rings. The van der Waals surface area contributed by atoms with Gasteiger partial charge >= 0.3 is 23.9 Å². The van der Waals surface area contributed by atoms with Gasteiger partial charge < -0.3 is 29.9 Å². The summed E-state index contributed by atoms with van der Waals surface area (Å²) in [5, 5.41) is 34.2. The number of methoxy groups -OCH3 is 2. The van der Waals surface area contributed by atoms with E-state index in [2.05, 4.69) is 0 Å². The fourth-order valence-corrected chi connectivity index (χ4v) is 3.28. The second-order valence-electron chi connectivity index (χ2n) is 7.77. The lowest BCUT2D eigenvalue weighted by atomic mass is 10.1. The third-order valence-electron chi connectivity index (χ3n) is 5.29. The Bertz CT molecular complexity index is 1280. The molecule has 10 nitrogen and oxygen atoms in total. The molecular weight excluding hydrogens is 568 g/mol. The third kappa shape index (κ3) is 12.5. The van der Waals surface area contributed by atoms with E-state index >= 15 is 0 Å². The van der Waals surface area contributed by atoms with E-state index in [0.29, 0.717) is 0 Å². The van der Waals surface area contributed by atoms with Gasteiger partial charge in [-0.3, -0.25) is 0 Å². The Hall–Kier alpha value is -5.64. The summed E-state index contributed by atoms with van der Waals surface area (Å²) in [7, 11) is 3.34. The van der Waals surface area contributed by atoms with Crippen LogP contribution in [0.1, 0.15) is 69.1 Å². The van der Waals surface area contributed by atoms with Crippen molar-refractivity contribution in [3.8, 4) is 22.6 Å². The quantitative estimate of drug-likeness (QED) is 0.164. The van der Waals surface area contributed by atoms with Crippen molar-refractivity contribution in [3.63, 3.8) is 0 Å². The molecule has 10 heteroatoms. The van der Waals surface area contributed by atoms with Crippen LogP contribution in [0.4, 0.5) is 0 Å². The number of carboxylic acids is 4. The first-order valence-corrected chi connectivity index (χ1v) is 13.5. The van der Waals surface area contributed by atoms with Gasteiger partial charge in [-0.1, -0.05) is 76.2 Å². The molecule has 0 aliphatic carbocycles. The Morgan fingerprint density at radius 1 is 0.409 bits per heavy atom. The van der Waals surface area contributed by atoms with Crippen LogP contribution in [0.5, 0.6) is 11.5 Å². The van der Waals surface area contributed by atoms with Crippen LogP contribution >= 0.6 is 0 Å². The molecule has 0 saturated heterocycles. The lowest BCUT2D eigenvalue weighted by molar-refractivity contribution is 0.0651. The number of aromatic carboxylic acids is 4. The van der Waals surface area contributed by atoms with Crippen molar-refractivity contribution in [2.75, 3.05) is 14.2 Å². The summed E-state index contributed by atoms with van der Waals surface area (Å²) in [4.78, 5) is 41.9. The summed E-state index contributed by atoms with van der Waals surface area (Å²) in [6.07, 6.45) is 0. The normalized spacial score (nSPS) is 8.95. The fourth-order valence-electron chi connectivity index (χ4n) is 3.28. The molecule has 4 aromatic carbocycles. The number of hydrogen-bond donors (Lipinski definition) is 4. The number of rotatable bonds is 7. The summed E-state index contributed by atoms with van der Waals surface area (Å²) in [6.45, 7) is 8.00. The lowest BCUT2D eigenvalue weighted by Crippen LogP contribution is -2.06. The molecule has 0 aliphatic heterocycles. The van der Waals surface area contributed by atoms with Crippen LogP contribution in [0.25, 0.3) is 11.1 Å². The van der Waals surface area contributed by atoms with Crippen molar-refractivity contribution in [2.24, 2.45) is 0 Å². The topological polar surface area (TPSA) is 168 Å². The minimum atomic E-state index is -1.23. The second kappa shape index (κ2) is 21.1.